The minimum atomic E-state index is -0.262. The number of hydrogen-bond donors (Lipinski definition) is 3. The number of amides is 1. The number of aliphatic hydroxyl groups excluding tert-OH is 1. The van der Waals surface area contributed by atoms with Gasteiger partial charge < -0.3 is 16.2 Å². The van der Waals surface area contributed by atoms with Gasteiger partial charge in [-0.3, -0.25) is 4.79 Å². The largest absolute Gasteiger partial charge is 0.397 e. The molecule has 0 bridgehead atoms. The number of para-hydroxylation sites is 2. The Morgan fingerprint density at radius 1 is 1.37 bits per heavy atom. The Hall–Kier alpha value is -2.34. The summed E-state index contributed by atoms with van der Waals surface area (Å²) in [7, 11) is 0. The molecule has 1 aromatic carbocycles. The number of aromatic nitrogens is 2. The van der Waals surface area contributed by atoms with E-state index in [0.717, 1.165) is 5.69 Å². The van der Waals surface area contributed by atoms with Crippen molar-refractivity contribution in [2.75, 3.05) is 18.9 Å². The quantitative estimate of drug-likeness (QED) is 0.541. The molecule has 6 heteroatoms. The van der Waals surface area contributed by atoms with Gasteiger partial charge >= 0.3 is 0 Å². The summed E-state index contributed by atoms with van der Waals surface area (Å²) in [4.78, 5) is 11.7. The Kier molecular flexibility index (Phi) is 4.15. The lowest BCUT2D eigenvalue weighted by Crippen LogP contribution is -2.25. The summed E-state index contributed by atoms with van der Waals surface area (Å²) < 4.78 is 1.57. The number of anilines is 1. The van der Waals surface area contributed by atoms with Crippen molar-refractivity contribution in [1.29, 1.82) is 0 Å². The zero-order chi connectivity index (χ0) is 13.7. The maximum atomic E-state index is 11.7. The number of carbonyl (C=O) groups is 1. The number of benzene rings is 1. The Morgan fingerprint density at radius 3 is 2.89 bits per heavy atom. The van der Waals surface area contributed by atoms with E-state index in [-0.39, 0.29) is 12.5 Å². The SMILES string of the molecule is Nc1ccccc1-n1ccc(C(=O)NCCCO)n1. The molecule has 2 aromatic rings. The first kappa shape index (κ1) is 13.1. The number of rotatable bonds is 5. The highest BCUT2D eigenvalue weighted by Crippen LogP contribution is 2.15. The van der Waals surface area contributed by atoms with Crippen molar-refractivity contribution in [3.05, 3.63) is 42.2 Å². The van der Waals surface area contributed by atoms with E-state index in [9.17, 15) is 4.79 Å². The van der Waals surface area contributed by atoms with E-state index >= 15 is 0 Å². The van der Waals surface area contributed by atoms with Crippen molar-refractivity contribution in [3.63, 3.8) is 0 Å². The second-order valence-corrected chi connectivity index (χ2v) is 4.04. The van der Waals surface area contributed by atoms with Crippen LogP contribution in [0.5, 0.6) is 0 Å². The number of aliphatic hydroxyl groups is 1. The topological polar surface area (TPSA) is 93.2 Å². The highest BCUT2D eigenvalue weighted by atomic mass is 16.3. The monoisotopic (exact) mass is 260 g/mol. The fourth-order valence-corrected chi connectivity index (χ4v) is 1.65. The van der Waals surface area contributed by atoms with Crippen LogP contribution in [0.3, 0.4) is 0 Å². The zero-order valence-electron chi connectivity index (χ0n) is 10.4. The maximum absolute atomic E-state index is 11.7. The average Bonchev–Trinajstić information content (AvgIpc) is 2.89. The molecule has 6 nitrogen and oxygen atoms in total. The lowest BCUT2D eigenvalue weighted by atomic mass is 10.3. The molecule has 0 aliphatic heterocycles. The summed E-state index contributed by atoms with van der Waals surface area (Å²) in [5, 5.41) is 15.5. The number of nitrogens with two attached hydrogens (primary N) is 1. The van der Waals surface area contributed by atoms with Crippen molar-refractivity contribution in [2.45, 2.75) is 6.42 Å². The highest BCUT2D eigenvalue weighted by molar-refractivity contribution is 5.92. The maximum Gasteiger partial charge on any atom is 0.271 e. The van der Waals surface area contributed by atoms with Crippen LogP contribution in [0.2, 0.25) is 0 Å². The molecule has 0 radical (unpaired) electrons. The molecule has 0 aliphatic carbocycles. The third-order valence-corrected chi connectivity index (χ3v) is 2.63. The Balaban J connectivity index is 2.11. The molecule has 0 spiro atoms. The van der Waals surface area contributed by atoms with Crippen LogP contribution in [-0.4, -0.2) is 33.9 Å². The van der Waals surface area contributed by atoms with Crippen LogP contribution in [0.25, 0.3) is 5.69 Å². The molecule has 19 heavy (non-hydrogen) atoms. The smallest absolute Gasteiger partial charge is 0.271 e. The molecule has 0 atom stereocenters. The molecule has 0 saturated heterocycles. The summed E-state index contributed by atoms with van der Waals surface area (Å²) in [6.07, 6.45) is 2.21. The van der Waals surface area contributed by atoms with Crippen molar-refractivity contribution in [1.82, 2.24) is 15.1 Å². The summed E-state index contributed by atoms with van der Waals surface area (Å²) in [6.45, 7) is 0.477. The second-order valence-electron chi connectivity index (χ2n) is 4.04. The van der Waals surface area contributed by atoms with Gasteiger partial charge in [0.05, 0.1) is 11.4 Å². The summed E-state index contributed by atoms with van der Waals surface area (Å²) in [5.74, 6) is -0.262. The van der Waals surface area contributed by atoms with Gasteiger partial charge in [-0.25, -0.2) is 4.68 Å². The molecule has 0 unspecified atom stereocenters. The second kappa shape index (κ2) is 6.01. The fraction of sp³-hybridized carbons (Fsp3) is 0.231. The molecule has 1 heterocycles. The summed E-state index contributed by atoms with van der Waals surface area (Å²) in [6, 6.07) is 8.92. The first-order valence-corrected chi connectivity index (χ1v) is 6.02. The molecular weight excluding hydrogens is 244 g/mol. The van der Waals surface area contributed by atoms with Gasteiger partial charge in [0, 0.05) is 19.3 Å². The van der Waals surface area contributed by atoms with Gasteiger partial charge in [0.1, 0.15) is 0 Å². The Bertz CT molecular complexity index is 565. The van der Waals surface area contributed by atoms with Crippen LogP contribution in [0.15, 0.2) is 36.5 Å². The van der Waals surface area contributed by atoms with Gasteiger partial charge in [0.15, 0.2) is 5.69 Å². The standard InChI is InChI=1S/C13H16N4O2/c14-10-4-1-2-5-12(10)17-8-6-11(16-17)13(19)15-7-3-9-18/h1-2,4-6,8,18H,3,7,9,14H2,(H,15,19). The molecule has 0 saturated carbocycles. The zero-order valence-corrected chi connectivity index (χ0v) is 10.4. The lowest BCUT2D eigenvalue weighted by molar-refractivity contribution is 0.0945. The molecule has 0 aliphatic rings. The highest BCUT2D eigenvalue weighted by Gasteiger charge is 2.10. The van der Waals surface area contributed by atoms with Crippen LogP contribution >= 0.6 is 0 Å². The third-order valence-electron chi connectivity index (χ3n) is 2.63. The molecular formula is C13H16N4O2. The van der Waals surface area contributed by atoms with Gasteiger partial charge in [0.25, 0.3) is 5.91 Å². The van der Waals surface area contributed by atoms with E-state index in [0.29, 0.717) is 24.3 Å². The van der Waals surface area contributed by atoms with E-state index in [1.165, 1.54) is 0 Å². The van der Waals surface area contributed by atoms with Gasteiger partial charge in [-0.05, 0) is 24.6 Å². The van der Waals surface area contributed by atoms with Crippen molar-refractivity contribution in [2.24, 2.45) is 0 Å². The number of nitrogens with one attached hydrogen (secondary N) is 1. The van der Waals surface area contributed by atoms with E-state index < -0.39 is 0 Å². The van der Waals surface area contributed by atoms with E-state index in [1.54, 1.807) is 23.0 Å². The molecule has 0 fully saturated rings. The minimum absolute atomic E-state index is 0.0509. The van der Waals surface area contributed by atoms with Crippen LogP contribution < -0.4 is 11.1 Å². The van der Waals surface area contributed by atoms with Crippen molar-refractivity contribution < 1.29 is 9.90 Å². The Labute approximate surface area is 110 Å². The average molecular weight is 260 g/mol. The first-order chi connectivity index (χ1) is 9.22. The number of carbonyl (C=O) groups excluding carboxylic acids is 1. The normalized spacial score (nSPS) is 10.4. The van der Waals surface area contributed by atoms with Crippen LogP contribution in [0, 0.1) is 0 Å². The minimum Gasteiger partial charge on any atom is -0.397 e. The number of nitrogen functional groups attached to an aromatic ring is 1. The molecule has 1 amide bonds. The van der Waals surface area contributed by atoms with Gasteiger partial charge in [-0.2, -0.15) is 5.10 Å². The van der Waals surface area contributed by atoms with Crippen LogP contribution in [0.1, 0.15) is 16.9 Å². The van der Waals surface area contributed by atoms with Gasteiger partial charge in [0.2, 0.25) is 0 Å². The molecule has 100 valence electrons. The first-order valence-electron chi connectivity index (χ1n) is 6.02. The Morgan fingerprint density at radius 2 is 2.16 bits per heavy atom. The summed E-state index contributed by atoms with van der Waals surface area (Å²) >= 11 is 0. The predicted molar refractivity (Wildman–Crippen MR) is 72.0 cm³/mol. The fourth-order valence-electron chi connectivity index (χ4n) is 1.65. The summed E-state index contributed by atoms with van der Waals surface area (Å²) in [5.41, 5.74) is 7.50. The molecule has 4 N–H and O–H groups in total. The van der Waals surface area contributed by atoms with Crippen molar-refractivity contribution >= 4 is 11.6 Å². The third kappa shape index (κ3) is 3.11. The van der Waals surface area contributed by atoms with Gasteiger partial charge in [-0.15, -0.1) is 0 Å². The predicted octanol–water partition coefficient (Wildman–Crippen LogP) is 0.567. The van der Waals surface area contributed by atoms with Crippen molar-refractivity contribution in [3.8, 4) is 5.69 Å². The lowest BCUT2D eigenvalue weighted by Gasteiger charge is -2.04. The van der Waals surface area contributed by atoms with Crippen LogP contribution in [0.4, 0.5) is 5.69 Å². The number of nitrogens with zero attached hydrogens (tertiary/aromatic N) is 2. The van der Waals surface area contributed by atoms with E-state index in [2.05, 4.69) is 10.4 Å². The number of hydrogen-bond acceptors (Lipinski definition) is 4. The van der Waals surface area contributed by atoms with E-state index in [4.69, 9.17) is 10.8 Å². The van der Waals surface area contributed by atoms with Crippen LogP contribution in [-0.2, 0) is 0 Å². The molecule has 2 rings (SSSR count). The van der Waals surface area contributed by atoms with E-state index in [1.807, 2.05) is 18.2 Å². The van der Waals surface area contributed by atoms with Gasteiger partial charge in [-0.1, -0.05) is 12.1 Å². The molecule has 1 aromatic heterocycles.